The second kappa shape index (κ2) is 12.7. The summed E-state index contributed by atoms with van der Waals surface area (Å²) in [5.74, 6) is 0.0938. The van der Waals surface area contributed by atoms with Gasteiger partial charge in [-0.05, 0) is 86.8 Å². The topological polar surface area (TPSA) is 73.9 Å². The van der Waals surface area contributed by atoms with Crippen LogP contribution < -0.4 is 10.1 Å². The van der Waals surface area contributed by atoms with E-state index in [0.29, 0.717) is 24.2 Å². The zero-order valence-corrected chi connectivity index (χ0v) is 20.7. The molecule has 0 aromatic heterocycles. The summed E-state index contributed by atoms with van der Waals surface area (Å²) >= 11 is 0. The fourth-order valence-corrected chi connectivity index (χ4v) is 4.91. The minimum Gasteiger partial charge on any atom is -0.490 e. The summed E-state index contributed by atoms with van der Waals surface area (Å²) in [5, 5.41) is 2.84. The van der Waals surface area contributed by atoms with Crippen molar-refractivity contribution >= 4 is 11.9 Å². The summed E-state index contributed by atoms with van der Waals surface area (Å²) in [6, 6.07) is 14.6. The Morgan fingerprint density at radius 2 is 1.66 bits per heavy atom. The van der Waals surface area contributed by atoms with Crippen LogP contribution in [0, 0.1) is 0 Å². The van der Waals surface area contributed by atoms with E-state index in [1.807, 2.05) is 48.5 Å². The lowest BCUT2D eigenvalue weighted by atomic mass is 9.98. The standard InChI is InChI=1S/C29H37NO5/c1-33-29(32)27(20-22-12-17-26(18-13-22)35-25-6-3-2-4-7-25)30-28(31)23-14-9-21(10-15-23)11-16-24-8-5-19-34-24/h9-10,12-15,17-18,24-25,27H,2-8,11,16,19-20H2,1H3,(H,30,31). The highest BCUT2D eigenvalue weighted by molar-refractivity contribution is 5.96. The lowest BCUT2D eigenvalue weighted by Crippen LogP contribution is -2.43. The molecule has 2 atom stereocenters. The van der Waals surface area contributed by atoms with Gasteiger partial charge < -0.3 is 19.5 Å². The molecule has 35 heavy (non-hydrogen) atoms. The molecule has 4 rings (SSSR count). The maximum absolute atomic E-state index is 12.9. The number of esters is 1. The molecule has 1 amide bonds. The second-order valence-electron chi connectivity index (χ2n) is 9.65. The van der Waals surface area contributed by atoms with Gasteiger partial charge in [0.15, 0.2) is 0 Å². The number of aryl methyl sites for hydroxylation is 1. The number of amides is 1. The third-order valence-corrected chi connectivity index (χ3v) is 7.00. The quantitative estimate of drug-likeness (QED) is 0.484. The van der Waals surface area contributed by atoms with Gasteiger partial charge in [0.1, 0.15) is 11.8 Å². The van der Waals surface area contributed by atoms with E-state index < -0.39 is 12.0 Å². The smallest absolute Gasteiger partial charge is 0.328 e. The third kappa shape index (κ3) is 7.56. The molecule has 1 heterocycles. The predicted octanol–water partition coefficient (Wildman–Crippen LogP) is 5.02. The summed E-state index contributed by atoms with van der Waals surface area (Å²) in [6.07, 6.45) is 11.1. The normalized spacial score (nSPS) is 19.2. The van der Waals surface area contributed by atoms with Crippen molar-refractivity contribution in [3.63, 3.8) is 0 Å². The van der Waals surface area contributed by atoms with E-state index in [9.17, 15) is 9.59 Å². The highest BCUT2D eigenvalue weighted by atomic mass is 16.5. The Bertz CT molecular complexity index is 944. The van der Waals surface area contributed by atoms with Gasteiger partial charge in [-0.2, -0.15) is 0 Å². The van der Waals surface area contributed by atoms with Crippen LogP contribution in [0.5, 0.6) is 5.75 Å². The number of hydrogen-bond donors (Lipinski definition) is 1. The molecule has 1 saturated carbocycles. The SMILES string of the molecule is COC(=O)C(Cc1ccc(OC2CCCCC2)cc1)NC(=O)c1ccc(CCC2CCCO2)cc1. The van der Waals surface area contributed by atoms with Gasteiger partial charge in [-0.1, -0.05) is 30.7 Å². The van der Waals surface area contributed by atoms with E-state index in [2.05, 4.69) is 5.32 Å². The van der Waals surface area contributed by atoms with Crippen LogP contribution in [0.15, 0.2) is 48.5 Å². The van der Waals surface area contributed by atoms with Crippen molar-refractivity contribution in [2.45, 2.75) is 82.5 Å². The maximum Gasteiger partial charge on any atom is 0.328 e. The maximum atomic E-state index is 12.9. The lowest BCUT2D eigenvalue weighted by Gasteiger charge is -2.23. The molecule has 2 unspecified atom stereocenters. The van der Waals surface area contributed by atoms with Gasteiger partial charge in [0.05, 0.1) is 19.3 Å². The van der Waals surface area contributed by atoms with Crippen LogP contribution in [0.1, 0.15) is 72.9 Å². The summed E-state index contributed by atoms with van der Waals surface area (Å²) in [5.41, 5.74) is 2.63. The van der Waals surface area contributed by atoms with Gasteiger partial charge in [-0.3, -0.25) is 4.79 Å². The Morgan fingerprint density at radius 1 is 0.943 bits per heavy atom. The van der Waals surface area contributed by atoms with Crippen molar-refractivity contribution in [3.8, 4) is 5.75 Å². The fraction of sp³-hybridized carbons (Fsp3) is 0.517. The summed E-state index contributed by atoms with van der Waals surface area (Å²) in [6.45, 7) is 0.865. The molecule has 2 aromatic carbocycles. The Morgan fingerprint density at radius 3 is 2.31 bits per heavy atom. The highest BCUT2D eigenvalue weighted by Crippen LogP contribution is 2.24. The number of ether oxygens (including phenoxy) is 3. The number of nitrogens with one attached hydrogen (secondary N) is 1. The van der Waals surface area contributed by atoms with Crippen LogP contribution in [0.3, 0.4) is 0 Å². The molecule has 6 heteroatoms. The molecule has 1 N–H and O–H groups in total. The van der Waals surface area contributed by atoms with E-state index in [1.165, 1.54) is 31.9 Å². The van der Waals surface area contributed by atoms with Crippen molar-refractivity contribution < 1.29 is 23.8 Å². The molecule has 1 aliphatic heterocycles. The van der Waals surface area contributed by atoms with Crippen LogP contribution in [-0.4, -0.2) is 43.8 Å². The number of benzene rings is 2. The van der Waals surface area contributed by atoms with Gasteiger partial charge in [0, 0.05) is 18.6 Å². The minimum absolute atomic E-state index is 0.289. The molecule has 2 aromatic rings. The van der Waals surface area contributed by atoms with Crippen LogP contribution in [0.25, 0.3) is 0 Å². The molecule has 0 spiro atoms. The summed E-state index contributed by atoms with van der Waals surface area (Å²) in [4.78, 5) is 25.3. The molecule has 188 valence electrons. The number of carbonyl (C=O) groups excluding carboxylic acids is 2. The number of rotatable bonds is 10. The first-order chi connectivity index (χ1) is 17.1. The van der Waals surface area contributed by atoms with Gasteiger partial charge in [-0.25, -0.2) is 4.79 Å². The fourth-order valence-electron chi connectivity index (χ4n) is 4.91. The molecule has 2 aliphatic rings. The van der Waals surface area contributed by atoms with Crippen molar-refractivity contribution in [2.24, 2.45) is 0 Å². The minimum atomic E-state index is -0.767. The van der Waals surface area contributed by atoms with E-state index in [0.717, 1.165) is 56.4 Å². The van der Waals surface area contributed by atoms with Crippen molar-refractivity contribution in [2.75, 3.05) is 13.7 Å². The van der Waals surface area contributed by atoms with Crippen molar-refractivity contribution in [1.82, 2.24) is 5.32 Å². The van der Waals surface area contributed by atoms with E-state index in [1.54, 1.807) is 0 Å². The molecule has 0 radical (unpaired) electrons. The van der Waals surface area contributed by atoms with Crippen LogP contribution >= 0.6 is 0 Å². The van der Waals surface area contributed by atoms with Crippen molar-refractivity contribution in [1.29, 1.82) is 0 Å². The van der Waals surface area contributed by atoms with E-state index in [4.69, 9.17) is 14.2 Å². The largest absolute Gasteiger partial charge is 0.490 e. The van der Waals surface area contributed by atoms with Crippen LogP contribution in [-0.2, 0) is 27.1 Å². The zero-order valence-electron chi connectivity index (χ0n) is 20.7. The number of carbonyl (C=O) groups is 2. The molecule has 0 bridgehead atoms. The van der Waals surface area contributed by atoms with E-state index >= 15 is 0 Å². The number of hydrogen-bond acceptors (Lipinski definition) is 5. The van der Waals surface area contributed by atoms with Crippen LogP contribution in [0.4, 0.5) is 0 Å². The molecule has 1 aliphatic carbocycles. The van der Waals surface area contributed by atoms with Gasteiger partial charge in [-0.15, -0.1) is 0 Å². The van der Waals surface area contributed by atoms with Crippen molar-refractivity contribution in [3.05, 3.63) is 65.2 Å². The Kier molecular flexibility index (Phi) is 9.18. The molecular weight excluding hydrogens is 442 g/mol. The van der Waals surface area contributed by atoms with Gasteiger partial charge in [0.2, 0.25) is 0 Å². The molecular formula is C29H37NO5. The molecule has 2 fully saturated rings. The Labute approximate surface area is 208 Å². The summed E-state index contributed by atoms with van der Waals surface area (Å²) in [7, 11) is 1.34. The Hall–Kier alpha value is -2.86. The van der Waals surface area contributed by atoms with Gasteiger partial charge >= 0.3 is 5.97 Å². The number of methoxy groups -OCH3 is 1. The Balaban J connectivity index is 1.31. The predicted molar refractivity (Wildman–Crippen MR) is 135 cm³/mol. The first kappa shape index (κ1) is 25.2. The highest BCUT2D eigenvalue weighted by Gasteiger charge is 2.23. The van der Waals surface area contributed by atoms with E-state index in [-0.39, 0.29) is 5.91 Å². The van der Waals surface area contributed by atoms with Gasteiger partial charge in [0.25, 0.3) is 5.91 Å². The summed E-state index contributed by atoms with van der Waals surface area (Å²) < 4.78 is 16.7. The first-order valence-corrected chi connectivity index (χ1v) is 13.0. The molecule has 6 nitrogen and oxygen atoms in total. The second-order valence-corrected chi connectivity index (χ2v) is 9.65. The third-order valence-electron chi connectivity index (χ3n) is 7.00. The lowest BCUT2D eigenvalue weighted by molar-refractivity contribution is -0.142. The zero-order chi connectivity index (χ0) is 24.5. The first-order valence-electron chi connectivity index (χ1n) is 13.0. The average molecular weight is 480 g/mol. The monoisotopic (exact) mass is 479 g/mol. The van der Waals surface area contributed by atoms with Crippen LogP contribution in [0.2, 0.25) is 0 Å². The molecule has 1 saturated heterocycles. The average Bonchev–Trinajstić information content (AvgIpc) is 3.42.